The van der Waals surface area contributed by atoms with Crippen molar-refractivity contribution < 1.29 is 42.0 Å². The van der Waals surface area contributed by atoms with Gasteiger partial charge >= 0.3 is 6.09 Å². The van der Waals surface area contributed by atoms with Crippen molar-refractivity contribution in [3.05, 3.63) is 60.2 Å². The van der Waals surface area contributed by atoms with E-state index in [1.54, 1.807) is 12.1 Å². The van der Waals surface area contributed by atoms with E-state index in [0.29, 0.717) is 19.0 Å². The van der Waals surface area contributed by atoms with Crippen molar-refractivity contribution in [1.82, 2.24) is 9.62 Å². The number of ether oxygens (including phenoxy) is 5. The van der Waals surface area contributed by atoms with Crippen molar-refractivity contribution in [2.75, 3.05) is 46.6 Å². The fraction of sp³-hybridized carbons (Fsp3) is 0.606. The van der Waals surface area contributed by atoms with Crippen LogP contribution in [0.25, 0.3) is 0 Å². The van der Waals surface area contributed by atoms with Crippen LogP contribution in [0.15, 0.2) is 59.5 Å². The number of amides is 1. The van der Waals surface area contributed by atoms with Crippen LogP contribution in [-0.4, -0.2) is 95.1 Å². The third-order valence-corrected chi connectivity index (χ3v) is 9.44. The Morgan fingerprint density at radius 1 is 1.04 bits per heavy atom. The van der Waals surface area contributed by atoms with E-state index in [4.69, 9.17) is 23.7 Å². The summed E-state index contributed by atoms with van der Waals surface area (Å²) in [5.74, 6) is 0.566. The summed E-state index contributed by atoms with van der Waals surface area (Å²) in [6.45, 7) is 9.11. The lowest BCUT2D eigenvalue weighted by Gasteiger charge is -2.30. The minimum Gasteiger partial charge on any atom is -0.497 e. The lowest BCUT2D eigenvalue weighted by molar-refractivity contribution is -0.134. The zero-order valence-corrected chi connectivity index (χ0v) is 27.9. The molecule has 252 valence electrons. The van der Waals surface area contributed by atoms with Crippen LogP contribution < -0.4 is 10.1 Å². The van der Waals surface area contributed by atoms with E-state index < -0.39 is 34.6 Å². The quantitative estimate of drug-likeness (QED) is 0.214. The average molecular weight is 651 g/mol. The SMILES string of the molecule is CCCCO[C@H]1CO[C@H](OCCOC(=O)N[C@@H](Cc2ccccc2)[C@H](O)CN(CC(C)C)S(=O)(=O)c2ccc(OC)cc2)[C@@H]1C. The molecule has 2 aromatic carbocycles. The topological polar surface area (TPSA) is 133 Å². The third kappa shape index (κ3) is 11.5. The maximum atomic E-state index is 13.6. The van der Waals surface area contributed by atoms with Gasteiger partial charge in [0.1, 0.15) is 12.4 Å². The average Bonchev–Trinajstić information content (AvgIpc) is 3.37. The van der Waals surface area contributed by atoms with E-state index >= 15 is 0 Å². The molecule has 45 heavy (non-hydrogen) atoms. The summed E-state index contributed by atoms with van der Waals surface area (Å²) in [5, 5.41) is 14.1. The predicted octanol–water partition coefficient (Wildman–Crippen LogP) is 4.23. The number of methoxy groups -OCH3 is 1. The first-order chi connectivity index (χ1) is 21.5. The van der Waals surface area contributed by atoms with Crippen molar-refractivity contribution >= 4 is 16.1 Å². The number of hydrogen-bond acceptors (Lipinski definition) is 9. The van der Waals surface area contributed by atoms with Gasteiger partial charge in [-0.2, -0.15) is 4.31 Å². The molecule has 0 spiro atoms. The molecule has 1 fully saturated rings. The highest BCUT2D eigenvalue weighted by molar-refractivity contribution is 7.89. The number of unbranched alkanes of at least 4 members (excludes halogenated alkanes) is 1. The van der Waals surface area contributed by atoms with Gasteiger partial charge in [0.15, 0.2) is 6.29 Å². The van der Waals surface area contributed by atoms with Crippen LogP contribution in [0.2, 0.25) is 0 Å². The summed E-state index contributed by atoms with van der Waals surface area (Å²) in [6.07, 6.45) is -0.148. The summed E-state index contributed by atoms with van der Waals surface area (Å²) in [5.41, 5.74) is 0.863. The molecule has 0 aromatic heterocycles. The van der Waals surface area contributed by atoms with Gasteiger partial charge < -0.3 is 34.1 Å². The molecule has 0 bridgehead atoms. The molecular formula is C33H50N2O9S. The molecule has 1 amide bonds. The second kappa shape index (κ2) is 18.4. The van der Waals surface area contributed by atoms with Crippen molar-refractivity contribution in [3.8, 4) is 5.75 Å². The molecule has 3 rings (SSSR count). The second-order valence-electron chi connectivity index (χ2n) is 11.7. The minimum absolute atomic E-state index is 0.0135. The van der Waals surface area contributed by atoms with Gasteiger partial charge in [-0.25, -0.2) is 13.2 Å². The van der Waals surface area contributed by atoms with Crippen molar-refractivity contribution in [2.45, 2.75) is 76.4 Å². The monoisotopic (exact) mass is 650 g/mol. The molecular weight excluding hydrogens is 600 g/mol. The van der Waals surface area contributed by atoms with Crippen LogP contribution in [0.1, 0.15) is 46.1 Å². The number of nitrogens with zero attached hydrogens (tertiary/aromatic N) is 1. The number of aliphatic hydroxyl groups excluding tert-OH is 1. The number of carbonyl (C=O) groups is 1. The molecule has 0 radical (unpaired) electrons. The number of sulfonamides is 1. The van der Waals surface area contributed by atoms with Gasteiger partial charge in [0.2, 0.25) is 10.0 Å². The predicted molar refractivity (Wildman–Crippen MR) is 171 cm³/mol. The Labute approximate surface area is 268 Å². The first-order valence-corrected chi connectivity index (χ1v) is 17.1. The zero-order chi connectivity index (χ0) is 32.8. The van der Waals surface area contributed by atoms with E-state index in [-0.39, 0.29) is 55.6 Å². The highest BCUT2D eigenvalue weighted by Gasteiger charge is 2.35. The van der Waals surface area contributed by atoms with Crippen molar-refractivity contribution in [3.63, 3.8) is 0 Å². The van der Waals surface area contributed by atoms with E-state index in [2.05, 4.69) is 12.2 Å². The van der Waals surface area contributed by atoms with E-state index in [9.17, 15) is 18.3 Å². The Morgan fingerprint density at radius 2 is 1.76 bits per heavy atom. The number of aliphatic hydroxyl groups is 1. The number of benzene rings is 2. The van der Waals surface area contributed by atoms with Gasteiger partial charge in [-0.1, -0.05) is 64.4 Å². The largest absolute Gasteiger partial charge is 0.497 e. The fourth-order valence-electron chi connectivity index (χ4n) is 5.00. The highest BCUT2D eigenvalue weighted by atomic mass is 32.2. The van der Waals surface area contributed by atoms with E-state index in [1.807, 2.05) is 51.1 Å². The lowest BCUT2D eigenvalue weighted by Crippen LogP contribution is -2.51. The number of rotatable bonds is 19. The van der Waals surface area contributed by atoms with Crippen molar-refractivity contribution in [2.24, 2.45) is 11.8 Å². The molecule has 0 unspecified atom stereocenters. The van der Waals surface area contributed by atoms with E-state index in [0.717, 1.165) is 18.4 Å². The van der Waals surface area contributed by atoms with Gasteiger partial charge in [-0.15, -0.1) is 0 Å². The van der Waals surface area contributed by atoms with Crippen LogP contribution in [0, 0.1) is 11.8 Å². The van der Waals surface area contributed by atoms with Gasteiger partial charge in [0.25, 0.3) is 0 Å². The molecule has 12 heteroatoms. The summed E-state index contributed by atoms with van der Waals surface area (Å²) in [6, 6.07) is 14.6. The molecule has 1 saturated heterocycles. The number of alkyl carbamates (subject to hydrolysis) is 1. The van der Waals surface area contributed by atoms with Gasteiger partial charge in [0.05, 0.1) is 43.5 Å². The summed E-state index contributed by atoms with van der Waals surface area (Å²) in [4.78, 5) is 12.9. The lowest BCUT2D eigenvalue weighted by atomic mass is 10.0. The van der Waals surface area contributed by atoms with Crippen LogP contribution in [0.5, 0.6) is 5.75 Å². The molecule has 2 aromatic rings. The molecule has 5 atom stereocenters. The first kappa shape index (κ1) is 36.7. The highest BCUT2D eigenvalue weighted by Crippen LogP contribution is 2.25. The first-order valence-electron chi connectivity index (χ1n) is 15.7. The molecule has 11 nitrogen and oxygen atoms in total. The molecule has 0 saturated carbocycles. The van der Waals surface area contributed by atoms with E-state index in [1.165, 1.54) is 23.5 Å². The summed E-state index contributed by atoms with van der Waals surface area (Å²) >= 11 is 0. The second-order valence-corrected chi connectivity index (χ2v) is 13.7. The summed E-state index contributed by atoms with van der Waals surface area (Å²) in [7, 11) is -2.45. The molecule has 1 aliphatic heterocycles. The zero-order valence-electron chi connectivity index (χ0n) is 27.1. The van der Waals surface area contributed by atoms with Crippen molar-refractivity contribution in [1.29, 1.82) is 0 Å². The third-order valence-electron chi connectivity index (χ3n) is 7.59. The number of carbonyl (C=O) groups excluding carboxylic acids is 1. The summed E-state index contributed by atoms with van der Waals surface area (Å²) < 4.78 is 56.4. The Morgan fingerprint density at radius 3 is 2.40 bits per heavy atom. The maximum absolute atomic E-state index is 13.6. The maximum Gasteiger partial charge on any atom is 0.407 e. The molecule has 2 N–H and O–H groups in total. The smallest absolute Gasteiger partial charge is 0.407 e. The number of hydrogen-bond donors (Lipinski definition) is 2. The standard InChI is InChI=1S/C33H50N2O9S/c1-6-7-17-41-31-23-44-32(25(31)4)42-18-19-43-33(37)34-29(20-26-11-9-8-10-12-26)30(36)22-35(21-24(2)3)45(38,39)28-15-13-27(40-5)14-16-28/h8-16,24-25,29-32,36H,6-7,17-23H2,1-5H3,(H,34,37)/t25-,29+,30-,31+,32+/m1/s1. The Balaban J connectivity index is 1.62. The van der Waals surface area contributed by atoms with Gasteiger partial charge in [-0.3, -0.25) is 0 Å². The minimum atomic E-state index is -3.96. The Kier molecular flexibility index (Phi) is 15.0. The number of nitrogens with one attached hydrogen (secondary N) is 1. The molecule has 1 aliphatic rings. The Hall–Kier alpha value is -2.74. The van der Waals surface area contributed by atoms with Crippen LogP contribution >= 0.6 is 0 Å². The Bertz CT molecular complexity index is 1240. The fourth-order valence-corrected chi connectivity index (χ4v) is 6.62. The normalized spacial score (nSPS) is 19.9. The molecule has 1 heterocycles. The van der Waals surface area contributed by atoms with Gasteiger partial charge in [0, 0.05) is 25.6 Å². The van der Waals surface area contributed by atoms with Gasteiger partial charge in [-0.05, 0) is 48.6 Å². The van der Waals surface area contributed by atoms with Crippen LogP contribution in [0.4, 0.5) is 4.79 Å². The van der Waals surface area contributed by atoms with Crippen LogP contribution in [-0.2, 0) is 35.4 Å². The molecule has 0 aliphatic carbocycles. The van der Waals surface area contributed by atoms with Crippen LogP contribution in [0.3, 0.4) is 0 Å².